The van der Waals surface area contributed by atoms with E-state index in [4.69, 9.17) is 4.74 Å². The van der Waals surface area contributed by atoms with Crippen LogP contribution in [-0.4, -0.2) is 18.5 Å². The number of halogens is 1. The van der Waals surface area contributed by atoms with Gasteiger partial charge in [-0.25, -0.2) is 4.79 Å². The van der Waals surface area contributed by atoms with Crippen molar-refractivity contribution in [1.29, 1.82) is 0 Å². The fourth-order valence-electron chi connectivity index (χ4n) is 1.90. The van der Waals surface area contributed by atoms with Crippen LogP contribution >= 0.6 is 15.9 Å². The van der Waals surface area contributed by atoms with E-state index in [-0.39, 0.29) is 12.5 Å². The van der Waals surface area contributed by atoms with Crippen molar-refractivity contribution < 1.29 is 14.3 Å². The summed E-state index contributed by atoms with van der Waals surface area (Å²) < 4.78 is 5.65. The Hall–Kier alpha value is -2.14. The van der Waals surface area contributed by atoms with Crippen LogP contribution in [0.3, 0.4) is 0 Å². The number of rotatable bonds is 5. The quantitative estimate of drug-likeness (QED) is 0.823. The summed E-state index contributed by atoms with van der Waals surface area (Å²) in [5.41, 5.74) is 2.22. The molecule has 0 unspecified atom stereocenters. The van der Waals surface area contributed by atoms with E-state index in [1.54, 1.807) is 30.3 Å². The molecule has 1 amide bonds. The van der Waals surface area contributed by atoms with Gasteiger partial charge in [-0.2, -0.15) is 0 Å². The first-order chi connectivity index (χ1) is 10.6. The largest absolute Gasteiger partial charge is 0.452 e. The molecule has 0 spiro atoms. The molecule has 4 nitrogen and oxygen atoms in total. The second-order valence-corrected chi connectivity index (χ2v) is 5.51. The van der Waals surface area contributed by atoms with Crippen molar-refractivity contribution in [2.75, 3.05) is 11.9 Å². The summed E-state index contributed by atoms with van der Waals surface area (Å²) in [7, 11) is 0. The number of ether oxygens (including phenoxy) is 1. The summed E-state index contributed by atoms with van der Waals surface area (Å²) >= 11 is 3.27. The van der Waals surface area contributed by atoms with Gasteiger partial charge in [-0.05, 0) is 52.2 Å². The van der Waals surface area contributed by atoms with Gasteiger partial charge in [0.25, 0.3) is 5.91 Å². The summed E-state index contributed by atoms with van der Waals surface area (Å²) in [5.74, 6) is -0.904. The Kier molecular flexibility index (Phi) is 5.72. The van der Waals surface area contributed by atoms with Crippen LogP contribution in [0.1, 0.15) is 22.8 Å². The predicted octanol–water partition coefficient (Wildman–Crippen LogP) is 3.81. The van der Waals surface area contributed by atoms with E-state index in [1.807, 2.05) is 25.1 Å². The summed E-state index contributed by atoms with van der Waals surface area (Å²) in [5, 5.41) is 2.71. The normalized spacial score (nSPS) is 10.1. The number of benzene rings is 2. The van der Waals surface area contributed by atoms with E-state index in [0.717, 1.165) is 12.0 Å². The Bertz CT molecular complexity index is 685. The lowest BCUT2D eigenvalue weighted by Crippen LogP contribution is -2.21. The van der Waals surface area contributed by atoms with Crippen LogP contribution in [0.2, 0.25) is 0 Å². The van der Waals surface area contributed by atoms with Crippen molar-refractivity contribution in [2.24, 2.45) is 0 Å². The van der Waals surface area contributed by atoms with E-state index in [1.165, 1.54) is 0 Å². The molecule has 5 heteroatoms. The highest BCUT2D eigenvalue weighted by atomic mass is 79.9. The highest BCUT2D eigenvalue weighted by Gasteiger charge is 2.13. The first kappa shape index (κ1) is 16.2. The number of hydrogen-bond donors (Lipinski definition) is 1. The number of carbonyl (C=O) groups excluding carboxylic acids is 2. The Morgan fingerprint density at radius 1 is 1.14 bits per heavy atom. The molecule has 0 atom stereocenters. The first-order valence-corrected chi connectivity index (χ1v) is 7.70. The van der Waals surface area contributed by atoms with Crippen molar-refractivity contribution in [1.82, 2.24) is 0 Å². The van der Waals surface area contributed by atoms with E-state index < -0.39 is 5.97 Å². The van der Waals surface area contributed by atoms with E-state index in [9.17, 15) is 9.59 Å². The van der Waals surface area contributed by atoms with Gasteiger partial charge < -0.3 is 10.1 Å². The molecule has 2 aromatic carbocycles. The third-order valence-electron chi connectivity index (χ3n) is 3.05. The SMILES string of the molecule is CCc1cccc(NC(=O)COC(=O)c2ccccc2Br)c1. The van der Waals surface area contributed by atoms with Gasteiger partial charge in [0.1, 0.15) is 0 Å². The molecular weight excluding hydrogens is 346 g/mol. The third kappa shape index (κ3) is 4.43. The van der Waals surface area contributed by atoms with Crippen LogP contribution in [-0.2, 0) is 16.0 Å². The number of hydrogen-bond acceptors (Lipinski definition) is 3. The zero-order chi connectivity index (χ0) is 15.9. The van der Waals surface area contributed by atoms with Gasteiger partial charge in [-0.15, -0.1) is 0 Å². The molecule has 1 N–H and O–H groups in total. The Morgan fingerprint density at radius 3 is 2.64 bits per heavy atom. The lowest BCUT2D eigenvalue weighted by Gasteiger charge is -2.08. The van der Waals surface area contributed by atoms with Crippen LogP contribution < -0.4 is 5.32 Å². The predicted molar refractivity (Wildman–Crippen MR) is 88.9 cm³/mol. The molecule has 0 bridgehead atoms. The summed E-state index contributed by atoms with van der Waals surface area (Å²) in [6.45, 7) is 1.72. The minimum absolute atomic E-state index is 0.323. The number of amides is 1. The van der Waals surface area contributed by atoms with Crippen molar-refractivity contribution in [3.05, 3.63) is 64.1 Å². The van der Waals surface area contributed by atoms with Gasteiger partial charge in [0.05, 0.1) is 5.56 Å². The highest BCUT2D eigenvalue weighted by molar-refractivity contribution is 9.10. The van der Waals surface area contributed by atoms with E-state index in [0.29, 0.717) is 15.7 Å². The first-order valence-electron chi connectivity index (χ1n) is 6.90. The van der Waals surface area contributed by atoms with Gasteiger partial charge in [0.2, 0.25) is 0 Å². The van der Waals surface area contributed by atoms with Gasteiger partial charge in [0, 0.05) is 10.2 Å². The molecule has 0 saturated heterocycles. The smallest absolute Gasteiger partial charge is 0.339 e. The fraction of sp³-hybridized carbons (Fsp3) is 0.176. The number of nitrogens with one attached hydrogen (secondary N) is 1. The van der Waals surface area contributed by atoms with Gasteiger partial charge in [-0.3, -0.25) is 4.79 Å². The Labute approximate surface area is 137 Å². The molecule has 0 saturated carbocycles. The maximum Gasteiger partial charge on any atom is 0.339 e. The molecular formula is C17H16BrNO3. The zero-order valence-electron chi connectivity index (χ0n) is 12.1. The molecule has 0 fully saturated rings. The Balaban J connectivity index is 1.90. The van der Waals surface area contributed by atoms with E-state index in [2.05, 4.69) is 21.2 Å². The number of carbonyl (C=O) groups is 2. The maximum atomic E-state index is 11.9. The van der Waals surface area contributed by atoms with Crippen LogP contribution in [0, 0.1) is 0 Å². The molecule has 0 aliphatic heterocycles. The molecule has 0 heterocycles. The van der Waals surface area contributed by atoms with Gasteiger partial charge >= 0.3 is 5.97 Å². The summed E-state index contributed by atoms with van der Waals surface area (Å²) in [6, 6.07) is 14.5. The number of esters is 1. The van der Waals surface area contributed by atoms with Crippen molar-refractivity contribution in [2.45, 2.75) is 13.3 Å². The fourth-order valence-corrected chi connectivity index (χ4v) is 2.35. The second-order valence-electron chi connectivity index (χ2n) is 4.66. The van der Waals surface area contributed by atoms with Crippen molar-refractivity contribution >= 4 is 33.5 Å². The highest BCUT2D eigenvalue weighted by Crippen LogP contribution is 2.17. The molecule has 2 rings (SSSR count). The zero-order valence-corrected chi connectivity index (χ0v) is 13.7. The second kappa shape index (κ2) is 7.75. The standard InChI is InChI=1S/C17H16BrNO3/c1-2-12-6-5-7-13(10-12)19-16(20)11-22-17(21)14-8-3-4-9-15(14)18/h3-10H,2,11H2,1H3,(H,19,20). The molecule has 114 valence electrons. The molecule has 2 aromatic rings. The minimum atomic E-state index is -0.537. The van der Waals surface area contributed by atoms with E-state index >= 15 is 0 Å². The van der Waals surface area contributed by atoms with Crippen LogP contribution in [0.15, 0.2) is 53.0 Å². The number of anilines is 1. The Morgan fingerprint density at radius 2 is 1.91 bits per heavy atom. The third-order valence-corrected chi connectivity index (χ3v) is 3.74. The average molecular weight is 362 g/mol. The van der Waals surface area contributed by atoms with Crippen LogP contribution in [0.25, 0.3) is 0 Å². The van der Waals surface area contributed by atoms with Crippen molar-refractivity contribution in [3.63, 3.8) is 0 Å². The minimum Gasteiger partial charge on any atom is -0.452 e. The molecule has 0 radical (unpaired) electrons. The number of aryl methyl sites for hydroxylation is 1. The maximum absolute atomic E-state index is 11.9. The lowest BCUT2D eigenvalue weighted by atomic mass is 10.1. The molecule has 0 aliphatic rings. The van der Waals surface area contributed by atoms with Crippen molar-refractivity contribution in [3.8, 4) is 0 Å². The topological polar surface area (TPSA) is 55.4 Å². The lowest BCUT2D eigenvalue weighted by molar-refractivity contribution is -0.119. The van der Waals surface area contributed by atoms with Crippen LogP contribution in [0.5, 0.6) is 0 Å². The summed E-state index contributed by atoms with van der Waals surface area (Å²) in [6.07, 6.45) is 0.890. The van der Waals surface area contributed by atoms with Gasteiger partial charge in [-0.1, -0.05) is 31.2 Å². The van der Waals surface area contributed by atoms with Gasteiger partial charge in [0.15, 0.2) is 6.61 Å². The summed E-state index contributed by atoms with van der Waals surface area (Å²) in [4.78, 5) is 23.7. The monoisotopic (exact) mass is 361 g/mol. The molecule has 0 aliphatic carbocycles. The van der Waals surface area contributed by atoms with Crippen LogP contribution in [0.4, 0.5) is 5.69 Å². The molecule has 22 heavy (non-hydrogen) atoms. The molecule has 0 aromatic heterocycles. The average Bonchev–Trinajstić information content (AvgIpc) is 2.53.